The minimum absolute atomic E-state index is 0.347. The van der Waals surface area contributed by atoms with Crippen molar-refractivity contribution in [3.8, 4) is 11.5 Å². The van der Waals surface area contributed by atoms with Crippen LogP contribution in [0.3, 0.4) is 0 Å². The molecule has 0 spiro atoms. The van der Waals surface area contributed by atoms with Crippen LogP contribution in [0.4, 0.5) is 0 Å². The molecule has 1 unspecified atom stereocenters. The molecule has 1 N–H and O–H groups in total. The van der Waals surface area contributed by atoms with Gasteiger partial charge in [0.1, 0.15) is 13.2 Å². The molecule has 0 aromatic heterocycles. The molecule has 0 aliphatic carbocycles. The van der Waals surface area contributed by atoms with Crippen LogP contribution in [0, 0.1) is 0 Å². The Bertz CT molecular complexity index is 598. The quantitative estimate of drug-likeness (QED) is 0.881. The first kappa shape index (κ1) is 14.9. The van der Waals surface area contributed by atoms with E-state index >= 15 is 0 Å². The number of hydrogen-bond acceptors (Lipinski definition) is 3. The Labute approximate surface area is 132 Å². The van der Waals surface area contributed by atoms with Crippen LogP contribution >= 0.6 is 0 Å². The number of hydrogen-bond donors (Lipinski definition) is 1. The van der Waals surface area contributed by atoms with Crippen LogP contribution in [-0.2, 0) is 6.42 Å². The van der Waals surface area contributed by atoms with E-state index in [0.717, 1.165) is 30.9 Å². The van der Waals surface area contributed by atoms with Gasteiger partial charge in [0.25, 0.3) is 0 Å². The molecule has 1 aliphatic rings. The Morgan fingerprint density at radius 1 is 1.00 bits per heavy atom. The lowest BCUT2D eigenvalue weighted by atomic mass is 10.0. The lowest BCUT2D eigenvalue weighted by molar-refractivity contribution is 0.171. The zero-order valence-electron chi connectivity index (χ0n) is 13.0. The molecule has 0 fully saturated rings. The molecule has 0 saturated carbocycles. The van der Waals surface area contributed by atoms with Crippen molar-refractivity contribution >= 4 is 0 Å². The van der Waals surface area contributed by atoms with Gasteiger partial charge in [-0.3, -0.25) is 0 Å². The van der Waals surface area contributed by atoms with Crippen LogP contribution in [0.5, 0.6) is 11.5 Å². The van der Waals surface area contributed by atoms with Gasteiger partial charge in [-0.05, 0) is 42.6 Å². The Morgan fingerprint density at radius 2 is 1.77 bits per heavy atom. The average molecular weight is 297 g/mol. The third-order valence-electron chi connectivity index (χ3n) is 4.02. The maximum Gasteiger partial charge on any atom is 0.161 e. The fourth-order valence-electron chi connectivity index (χ4n) is 2.81. The molecule has 1 atom stereocenters. The standard InChI is InChI=1S/C19H23NO2/c1-2-17(20-11-10-15-6-4-3-5-7-15)16-8-9-18-19(14-16)22-13-12-21-18/h3-9,14,17,20H,2,10-13H2,1H3. The molecule has 2 aromatic carbocycles. The van der Waals surface area contributed by atoms with Crippen LogP contribution in [0.2, 0.25) is 0 Å². The highest BCUT2D eigenvalue weighted by molar-refractivity contribution is 5.44. The Hall–Kier alpha value is -2.00. The lowest BCUT2D eigenvalue weighted by Gasteiger charge is -2.22. The van der Waals surface area contributed by atoms with Crippen LogP contribution in [0.25, 0.3) is 0 Å². The topological polar surface area (TPSA) is 30.5 Å². The minimum Gasteiger partial charge on any atom is -0.486 e. The van der Waals surface area contributed by atoms with E-state index in [0.29, 0.717) is 19.3 Å². The van der Waals surface area contributed by atoms with Crippen LogP contribution < -0.4 is 14.8 Å². The van der Waals surface area contributed by atoms with Crippen molar-refractivity contribution in [2.45, 2.75) is 25.8 Å². The highest BCUT2D eigenvalue weighted by Gasteiger charge is 2.15. The highest BCUT2D eigenvalue weighted by atomic mass is 16.6. The van der Waals surface area contributed by atoms with Gasteiger partial charge in [0, 0.05) is 6.04 Å². The molecule has 1 aliphatic heterocycles. The van der Waals surface area contributed by atoms with Crippen LogP contribution in [0.15, 0.2) is 48.5 Å². The molecular formula is C19H23NO2. The summed E-state index contributed by atoms with van der Waals surface area (Å²) in [6, 6.07) is 17.2. The summed E-state index contributed by atoms with van der Waals surface area (Å²) in [5.41, 5.74) is 2.63. The number of nitrogens with one attached hydrogen (secondary N) is 1. The van der Waals surface area contributed by atoms with Crippen LogP contribution in [-0.4, -0.2) is 19.8 Å². The van der Waals surface area contributed by atoms with E-state index in [1.165, 1.54) is 11.1 Å². The molecule has 0 bridgehead atoms. The fraction of sp³-hybridized carbons (Fsp3) is 0.368. The molecular weight excluding hydrogens is 274 g/mol. The van der Waals surface area contributed by atoms with Gasteiger partial charge >= 0.3 is 0 Å². The minimum atomic E-state index is 0.347. The fourth-order valence-corrected chi connectivity index (χ4v) is 2.81. The Kier molecular flexibility index (Phi) is 4.96. The predicted octanol–water partition coefficient (Wildman–Crippen LogP) is 3.74. The molecule has 2 aromatic rings. The summed E-state index contributed by atoms with van der Waals surface area (Å²) in [6.45, 7) is 4.45. The van der Waals surface area contributed by atoms with E-state index in [4.69, 9.17) is 9.47 Å². The van der Waals surface area contributed by atoms with Gasteiger partial charge in [0.15, 0.2) is 11.5 Å². The second-order valence-corrected chi connectivity index (χ2v) is 5.55. The van der Waals surface area contributed by atoms with E-state index in [9.17, 15) is 0 Å². The normalized spacial score (nSPS) is 14.6. The van der Waals surface area contributed by atoms with Gasteiger partial charge < -0.3 is 14.8 Å². The molecule has 1 heterocycles. The van der Waals surface area contributed by atoms with Gasteiger partial charge in [-0.1, -0.05) is 43.3 Å². The Morgan fingerprint density at radius 3 is 2.55 bits per heavy atom. The van der Waals surface area contributed by atoms with E-state index in [-0.39, 0.29) is 0 Å². The van der Waals surface area contributed by atoms with Crippen molar-refractivity contribution in [2.24, 2.45) is 0 Å². The first-order valence-corrected chi connectivity index (χ1v) is 8.03. The van der Waals surface area contributed by atoms with Gasteiger partial charge in [-0.25, -0.2) is 0 Å². The summed E-state index contributed by atoms with van der Waals surface area (Å²) < 4.78 is 11.3. The van der Waals surface area contributed by atoms with Crippen LogP contribution in [0.1, 0.15) is 30.5 Å². The summed E-state index contributed by atoms with van der Waals surface area (Å²) in [6.07, 6.45) is 2.09. The Balaban J connectivity index is 1.61. The third-order valence-corrected chi connectivity index (χ3v) is 4.02. The second kappa shape index (κ2) is 7.32. The van der Waals surface area contributed by atoms with Crippen molar-refractivity contribution in [3.05, 3.63) is 59.7 Å². The van der Waals surface area contributed by atoms with E-state index in [1.807, 2.05) is 6.07 Å². The van der Waals surface area contributed by atoms with Gasteiger partial charge in [0.2, 0.25) is 0 Å². The van der Waals surface area contributed by atoms with Crippen molar-refractivity contribution in [1.29, 1.82) is 0 Å². The molecule has 3 rings (SSSR count). The van der Waals surface area contributed by atoms with Crippen molar-refractivity contribution in [3.63, 3.8) is 0 Å². The second-order valence-electron chi connectivity index (χ2n) is 5.55. The maximum absolute atomic E-state index is 5.68. The molecule has 116 valence electrons. The monoisotopic (exact) mass is 297 g/mol. The van der Waals surface area contributed by atoms with Crippen molar-refractivity contribution in [1.82, 2.24) is 5.32 Å². The highest BCUT2D eigenvalue weighted by Crippen LogP contribution is 2.33. The number of rotatable bonds is 6. The number of fused-ring (bicyclic) bond motifs is 1. The summed E-state index contributed by atoms with van der Waals surface area (Å²) in [5.74, 6) is 1.72. The zero-order chi connectivity index (χ0) is 15.2. The van der Waals surface area contributed by atoms with Crippen molar-refractivity contribution < 1.29 is 9.47 Å². The van der Waals surface area contributed by atoms with Gasteiger partial charge in [-0.2, -0.15) is 0 Å². The average Bonchev–Trinajstić information content (AvgIpc) is 2.59. The molecule has 0 amide bonds. The number of ether oxygens (including phenoxy) is 2. The van der Waals surface area contributed by atoms with Crippen molar-refractivity contribution in [2.75, 3.05) is 19.8 Å². The van der Waals surface area contributed by atoms with E-state index < -0.39 is 0 Å². The van der Waals surface area contributed by atoms with E-state index in [2.05, 4.69) is 54.7 Å². The lowest BCUT2D eigenvalue weighted by Crippen LogP contribution is -2.23. The SMILES string of the molecule is CCC(NCCc1ccccc1)c1ccc2c(c1)OCCO2. The predicted molar refractivity (Wildman–Crippen MR) is 88.6 cm³/mol. The summed E-state index contributed by atoms with van der Waals surface area (Å²) >= 11 is 0. The largest absolute Gasteiger partial charge is 0.486 e. The first-order valence-electron chi connectivity index (χ1n) is 8.03. The molecule has 0 saturated heterocycles. The molecule has 22 heavy (non-hydrogen) atoms. The first-order chi connectivity index (χ1) is 10.9. The molecule has 0 radical (unpaired) electrons. The summed E-state index contributed by atoms with van der Waals surface area (Å²) in [7, 11) is 0. The summed E-state index contributed by atoms with van der Waals surface area (Å²) in [4.78, 5) is 0. The smallest absolute Gasteiger partial charge is 0.161 e. The van der Waals surface area contributed by atoms with E-state index in [1.54, 1.807) is 0 Å². The maximum atomic E-state index is 5.68. The molecule has 3 heteroatoms. The summed E-state index contributed by atoms with van der Waals surface area (Å²) in [5, 5.41) is 3.64. The number of benzene rings is 2. The van der Waals surface area contributed by atoms with Gasteiger partial charge in [0.05, 0.1) is 0 Å². The molecule has 3 nitrogen and oxygen atoms in total. The third kappa shape index (κ3) is 3.60. The van der Waals surface area contributed by atoms with Gasteiger partial charge in [-0.15, -0.1) is 0 Å². The zero-order valence-corrected chi connectivity index (χ0v) is 13.0.